The second-order valence-corrected chi connectivity index (χ2v) is 5.19. The van der Waals surface area contributed by atoms with Crippen molar-refractivity contribution in [3.8, 4) is 11.8 Å². The highest BCUT2D eigenvalue weighted by Gasteiger charge is 2.17. The van der Waals surface area contributed by atoms with Crippen molar-refractivity contribution in [2.45, 2.75) is 27.7 Å². The van der Waals surface area contributed by atoms with Gasteiger partial charge in [0, 0.05) is 45.6 Å². The Labute approximate surface area is 121 Å². The first-order valence-electron chi connectivity index (χ1n) is 7.15. The van der Waals surface area contributed by atoms with Crippen LogP contribution in [-0.4, -0.2) is 60.7 Å². The van der Waals surface area contributed by atoms with E-state index in [9.17, 15) is 4.79 Å². The summed E-state index contributed by atoms with van der Waals surface area (Å²) in [5.41, 5.74) is 0.786. The summed E-state index contributed by atoms with van der Waals surface area (Å²) in [5.74, 6) is 6.24. The van der Waals surface area contributed by atoms with Gasteiger partial charge in [-0.25, -0.2) is 0 Å². The number of hydrogen-bond acceptors (Lipinski definition) is 4. The molecule has 20 heavy (non-hydrogen) atoms. The van der Waals surface area contributed by atoms with Gasteiger partial charge in [-0.15, -0.1) is 0 Å². The molecule has 0 unspecified atom stereocenters. The molecule has 1 aliphatic rings. The smallest absolute Gasteiger partial charge is 0.219 e. The highest BCUT2D eigenvalue weighted by atomic mass is 16.6. The third kappa shape index (κ3) is 5.62. The lowest BCUT2D eigenvalue weighted by atomic mass is 10.1. The molecule has 5 heteroatoms. The van der Waals surface area contributed by atoms with Gasteiger partial charge < -0.3 is 9.74 Å². The molecule has 112 valence electrons. The van der Waals surface area contributed by atoms with E-state index in [1.807, 2.05) is 18.7 Å². The van der Waals surface area contributed by atoms with E-state index in [1.165, 1.54) is 0 Å². The van der Waals surface area contributed by atoms with Gasteiger partial charge in [0.15, 0.2) is 0 Å². The minimum atomic E-state index is 0.158. The van der Waals surface area contributed by atoms with Crippen LogP contribution < -0.4 is 0 Å². The predicted molar refractivity (Wildman–Crippen MR) is 80.4 cm³/mol. The molecular weight excluding hydrogens is 254 g/mol. The van der Waals surface area contributed by atoms with Crippen LogP contribution in [0.2, 0.25) is 0 Å². The molecule has 0 aliphatic carbocycles. The van der Waals surface area contributed by atoms with Crippen LogP contribution in [0.5, 0.6) is 0 Å². The van der Waals surface area contributed by atoms with Crippen molar-refractivity contribution in [3.05, 3.63) is 0 Å². The molecule has 0 atom stereocenters. The fourth-order valence-corrected chi connectivity index (χ4v) is 1.97. The van der Waals surface area contributed by atoms with E-state index < -0.39 is 0 Å². The number of oxime groups is 1. The van der Waals surface area contributed by atoms with Gasteiger partial charge in [0.1, 0.15) is 12.3 Å². The average Bonchev–Trinajstić information content (AvgIpc) is 2.42. The van der Waals surface area contributed by atoms with Gasteiger partial charge in [0.05, 0.1) is 0 Å². The molecule has 0 N–H and O–H groups in total. The van der Waals surface area contributed by atoms with Crippen molar-refractivity contribution >= 4 is 11.6 Å². The second kappa shape index (κ2) is 8.60. The van der Waals surface area contributed by atoms with E-state index in [-0.39, 0.29) is 11.8 Å². The molecule has 1 amide bonds. The van der Waals surface area contributed by atoms with E-state index in [0.29, 0.717) is 6.61 Å². The van der Waals surface area contributed by atoms with Crippen LogP contribution in [0.3, 0.4) is 0 Å². The van der Waals surface area contributed by atoms with Crippen LogP contribution in [0.1, 0.15) is 27.7 Å². The maximum Gasteiger partial charge on any atom is 0.219 e. The molecule has 0 bridgehead atoms. The number of piperazine rings is 1. The van der Waals surface area contributed by atoms with E-state index in [2.05, 4.69) is 21.9 Å². The highest BCUT2D eigenvalue weighted by Crippen LogP contribution is 2.02. The first kappa shape index (κ1) is 16.5. The lowest BCUT2D eigenvalue weighted by Crippen LogP contribution is -2.48. The monoisotopic (exact) mass is 279 g/mol. The first-order valence-corrected chi connectivity index (χ1v) is 7.15. The molecule has 1 fully saturated rings. The molecule has 0 aromatic heterocycles. The Morgan fingerprint density at radius 1 is 1.30 bits per heavy atom. The van der Waals surface area contributed by atoms with Crippen molar-refractivity contribution in [1.29, 1.82) is 0 Å². The van der Waals surface area contributed by atoms with Crippen LogP contribution in [0.15, 0.2) is 5.16 Å². The topological polar surface area (TPSA) is 45.1 Å². The van der Waals surface area contributed by atoms with Crippen LogP contribution in [0.4, 0.5) is 0 Å². The van der Waals surface area contributed by atoms with Crippen molar-refractivity contribution in [2.24, 2.45) is 11.1 Å². The van der Waals surface area contributed by atoms with Crippen molar-refractivity contribution in [1.82, 2.24) is 9.80 Å². The Balaban J connectivity index is 2.26. The third-order valence-corrected chi connectivity index (χ3v) is 3.28. The lowest BCUT2D eigenvalue weighted by Gasteiger charge is -2.33. The standard InChI is InChI=1S/C15H25N3O2/c1-5-6-15(13(2)3)16-20-12-11-17-7-9-18(10-8-17)14(4)19/h13H,7-12H2,1-4H3/b16-15+. The Morgan fingerprint density at radius 2 is 1.95 bits per heavy atom. The summed E-state index contributed by atoms with van der Waals surface area (Å²) in [4.78, 5) is 20.7. The number of amides is 1. The first-order chi connectivity index (χ1) is 9.54. The molecule has 0 spiro atoms. The normalized spacial score (nSPS) is 16.9. The zero-order valence-corrected chi connectivity index (χ0v) is 13.0. The maximum atomic E-state index is 11.2. The van der Waals surface area contributed by atoms with Gasteiger partial charge in [-0.2, -0.15) is 0 Å². The zero-order valence-electron chi connectivity index (χ0n) is 13.0. The van der Waals surface area contributed by atoms with Gasteiger partial charge in [-0.3, -0.25) is 9.69 Å². The number of rotatable bonds is 5. The summed E-state index contributed by atoms with van der Waals surface area (Å²) in [6.07, 6.45) is 0. The van der Waals surface area contributed by atoms with E-state index in [1.54, 1.807) is 13.8 Å². The fraction of sp³-hybridized carbons (Fsp3) is 0.733. The largest absolute Gasteiger partial charge is 0.394 e. The van der Waals surface area contributed by atoms with E-state index >= 15 is 0 Å². The van der Waals surface area contributed by atoms with Crippen LogP contribution >= 0.6 is 0 Å². The molecule has 0 aromatic carbocycles. The third-order valence-electron chi connectivity index (χ3n) is 3.28. The molecule has 1 rings (SSSR count). The van der Waals surface area contributed by atoms with Crippen molar-refractivity contribution in [2.75, 3.05) is 39.3 Å². The quantitative estimate of drug-likeness (QED) is 0.329. The van der Waals surface area contributed by atoms with Gasteiger partial charge in [-0.1, -0.05) is 24.9 Å². The molecule has 1 aliphatic heterocycles. The molecular formula is C15H25N3O2. The van der Waals surface area contributed by atoms with Crippen LogP contribution in [-0.2, 0) is 9.63 Å². The molecule has 5 nitrogen and oxygen atoms in total. The Kier molecular flexibility index (Phi) is 7.10. The van der Waals surface area contributed by atoms with Crippen molar-refractivity contribution in [3.63, 3.8) is 0 Å². The minimum absolute atomic E-state index is 0.158. The minimum Gasteiger partial charge on any atom is -0.394 e. The van der Waals surface area contributed by atoms with Crippen LogP contribution in [0, 0.1) is 17.8 Å². The second-order valence-electron chi connectivity index (χ2n) is 5.19. The zero-order chi connectivity index (χ0) is 15.0. The summed E-state index contributed by atoms with van der Waals surface area (Å²) >= 11 is 0. The van der Waals surface area contributed by atoms with Gasteiger partial charge in [0.2, 0.25) is 5.91 Å². The number of carbonyl (C=O) groups excluding carboxylic acids is 1. The Hall–Kier alpha value is -1.54. The molecule has 0 saturated carbocycles. The van der Waals surface area contributed by atoms with E-state index in [4.69, 9.17) is 4.84 Å². The molecule has 1 saturated heterocycles. The molecule has 0 radical (unpaired) electrons. The summed E-state index contributed by atoms with van der Waals surface area (Å²) < 4.78 is 0. The highest BCUT2D eigenvalue weighted by molar-refractivity contribution is 6.01. The maximum absolute atomic E-state index is 11.2. The summed E-state index contributed by atoms with van der Waals surface area (Å²) in [6.45, 7) is 12.3. The summed E-state index contributed by atoms with van der Waals surface area (Å²) in [7, 11) is 0. The van der Waals surface area contributed by atoms with Crippen molar-refractivity contribution < 1.29 is 9.63 Å². The Morgan fingerprint density at radius 3 is 2.45 bits per heavy atom. The average molecular weight is 279 g/mol. The fourth-order valence-electron chi connectivity index (χ4n) is 1.97. The number of nitrogens with zero attached hydrogens (tertiary/aromatic N) is 3. The van der Waals surface area contributed by atoms with Gasteiger partial charge in [0.25, 0.3) is 0 Å². The summed E-state index contributed by atoms with van der Waals surface area (Å²) in [6, 6.07) is 0. The van der Waals surface area contributed by atoms with Gasteiger partial charge >= 0.3 is 0 Å². The lowest BCUT2D eigenvalue weighted by molar-refractivity contribution is -0.130. The predicted octanol–water partition coefficient (Wildman–Crippen LogP) is 1.20. The van der Waals surface area contributed by atoms with Crippen LogP contribution in [0.25, 0.3) is 0 Å². The SMILES string of the molecule is CC#C/C(=N\OCCN1CCN(C(C)=O)CC1)C(C)C. The van der Waals surface area contributed by atoms with Gasteiger partial charge in [-0.05, 0) is 12.8 Å². The Bertz CT molecular complexity index is 399. The number of carbonyl (C=O) groups is 1. The summed E-state index contributed by atoms with van der Waals surface area (Å²) in [5, 5.41) is 4.09. The number of hydrogen-bond donors (Lipinski definition) is 0. The molecule has 0 aromatic rings. The molecule has 1 heterocycles. The van der Waals surface area contributed by atoms with E-state index in [0.717, 1.165) is 38.4 Å².